The number of benzene rings is 1. The molecule has 0 saturated carbocycles. The molecule has 0 spiro atoms. The van der Waals surface area contributed by atoms with Gasteiger partial charge in [-0.1, -0.05) is 11.6 Å². The van der Waals surface area contributed by atoms with Crippen LogP contribution in [0.4, 0.5) is 5.69 Å². The van der Waals surface area contributed by atoms with Crippen molar-refractivity contribution in [2.24, 2.45) is 7.05 Å². The highest BCUT2D eigenvalue weighted by molar-refractivity contribution is 14.1. The molecule has 2 aromatic rings. The largest absolute Gasteiger partial charge is 0.380 e. The van der Waals surface area contributed by atoms with Crippen molar-refractivity contribution in [3.05, 3.63) is 44.2 Å². The Labute approximate surface area is 119 Å². The summed E-state index contributed by atoms with van der Waals surface area (Å²) in [5.41, 5.74) is 3.36. The van der Waals surface area contributed by atoms with E-state index in [0.717, 1.165) is 26.5 Å². The molecular weight excluding hydrogens is 349 g/mol. The van der Waals surface area contributed by atoms with Gasteiger partial charge in [0.25, 0.3) is 0 Å². The van der Waals surface area contributed by atoms with Gasteiger partial charge in [0, 0.05) is 39.6 Å². The van der Waals surface area contributed by atoms with E-state index in [9.17, 15) is 0 Å². The molecule has 1 aromatic heterocycles. The first-order chi connectivity index (χ1) is 8.06. The topological polar surface area (TPSA) is 29.9 Å². The van der Waals surface area contributed by atoms with Crippen molar-refractivity contribution >= 4 is 39.9 Å². The van der Waals surface area contributed by atoms with Gasteiger partial charge < -0.3 is 5.32 Å². The predicted molar refractivity (Wildman–Crippen MR) is 79.4 cm³/mol. The van der Waals surface area contributed by atoms with Crippen LogP contribution in [0.3, 0.4) is 0 Å². The lowest BCUT2D eigenvalue weighted by Gasteiger charge is -2.08. The molecule has 0 bridgehead atoms. The average molecular weight is 362 g/mol. The Hall–Kier alpha value is -0.750. The van der Waals surface area contributed by atoms with Crippen LogP contribution in [0.1, 0.15) is 11.3 Å². The summed E-state index contributed by atoms with van der Waals surface area (Å²) in [7, 11) is 1.93. The number of rotatable bonds is 3. The number of aromatic nitrogens is 2. The summed E-state index contributed by atoms with van der Waals surface area (Å²) in [5, 5.41) is 8.47. The molecule has 1 aromatic carbocycles. The quantitative estimate of drug-likeness (QED) is 0.847. The first kappa shape index (κ1) is 12.7. The molecule has 0 aliphatic carbocycles. The molecule has 0 fully saturated rings. The number of hydrogen-bond donors (Lipinski definition) is 1. The Morgan fingerprint density at radius 1 is 1.47 bits per heavy atom. The van der Waals surface area contributed by atoms with E-state index < -0.39 is 0 Å². The van der Waals surface area contributed by atoms with Crippen LogP contribution in [-0.2, 0) is 13.6 Å². The second kappa shape index (κ2) is 5.27. The number of anilines is 1. The highest BCUT2D eigenvalue weighted by Crippen LogP contribution is 2.23. The van der Waals surface area contributed by atoms with Crippen molar-refractivity contribution in [2.45, 2.75) is 13.5 Å². The standard InChI is InChI=1S/C12H13ClIN3/c1-8-9(7-17(2)16-8)6-15-12-4-3-10(13)5-11(12)14/h3-5,7,15H,6H2,1-2H3. The first-order valence-electron chi connectivity index (χ1n) is 5.24. The highest BCUT2D eigenvalue weighted by Gasteiger charge is 2.04. The van der Waals surface area contributed by atoms with Crippen molar-refractivity contribution in [3.8, 4) is 0 Å². The highest BCUT2D eigenvalue weighted by atomic mass is 127. The molecular formula is C12H13ClIN3. The van der Waals surface area contributed by atoms with Crippen molar-refractivity contribution in [1.82, 2.24) is 9.78 Å². The number of aryl methyl sites for hydroxylation is 2. The van der Waals surface area contributed by atoms with Crippen LogP contribution >= 0.6 is 34.2 Å². The average Bonchev–Trinajstić information content (AvgIpc) is 2.56. The molecule has 90 valence electrons. The molecule has 0 radical (unpaired) electrons. The van der Waals surface area contributed by atoms with E-state index in [4.69, 9.17) is 11.6 Å². The lowest BCUT2D eigenvalue weighted by Crippen LogP contribution is -2.01. The van der Waals surface area contributed by atoms with Gasteiger partial charge in [-0.3, -0.25) is 4.68 Å². The van der Waals surface area contributed by atoms with Crippen molar-refractivity contribution in [2.75, 3.05) is 5.32 Å². The van der Waals surface area contributed by atoms with Crippen LogP contribution in [-0.4, -0.2) is 9.78 Å². The zero-order valence-electron chi connectivity index (χ0n) is 9.67. The molecule has 0 unspecified atom stereocenters. The van der Waals surface area contributed by atoms with Crippen LogP contribution < -0.4 is 5.32 Å². The fraction of sp³-hybridized carbons (Fsp3) is 0.250. The normalized spacial score (nSPS) is 10.6. The van der Waals surface area contributed by atoms with Gasteiger partial charge in [-0.05, 0) is 47.7 Å². The van der Waals surface area contributed by atoms with Gasteiger partial charge in [0.15, 0.2) is 0 Å². The third kappa shape index (κ3) is 3.13. The lowest BCUT2D eigenvalue weighted by atomic mass is 10.2. The molecule has 0 amide bonds. The van der Waals surface area contributed by atoms with Gasteiger partial charge in [-0.15, -0.1) is 0 Å². The fourth-order valence-electron chi connectivity index (χ4n) is 1.65. The minimum Gasteiger partial charge on any atom is -0.380 e. The SMILES string of the molecule is Cc1nn(C)cc1CNc1ccc(Cl)cc1I. The third-order valence-electron chi connectivity index (χ3n) is 2.52. The summed E-state index contributed by atoms with van der Waals surface area (Å²) >= 11 is 8.19. The minimum atomic E-state index is 0.762. The van der Waals surface area contributed by atoms with Gasteiger partial charge in [0.2, 0.25) is 0 Å². The molecule has 3 nitrogen and oxygen atoms in total. The van der Waals surface area contributed by atoms with Crippen LogP contribution in [0.5, 0.6) is 0 Å². The van der Waals surface area contributed by atoms with Crippen molar-refractivity contribution < 1.29 is 0 Å². The summed E-state index contributed by atoms with van der Waals surface area (Å²) < 4.78 is 2.95. The molecule has 1 N–H and O–H groups in total. The molecule has 0 atom stereocenters. The minimum absolute atomic E-state index is 0.762. The zero-order valence-corrected chi connectivity index (χ0v) is 12.6. The number of nitrogens with zero attached hydrogens (tertiary/aromatic N) is 2. The molecule has 5 heteroatoms. The van der Waals surface area contributed by atoms with Crippen molar-refractivity contribution in [1.29, 1.82) is 0 Å². The number of halogens is 2. The van der Waals surface area contributed by atoms with E-state index >= 15 is 0 Å². The molecule has 17 heavy (non-hydrogen) atoms. The monoisotopic (exact) mass is 361 g/mol. The maximum atomic E-state index is 5.92. The van der Waals surface area contributed by atoms with E-state index in [1.165, 1.54) is 5.56 Å². The maximum Gasteiger partial charge on any atom is 0.0643 e. The Morgan fingerprint density at radius 2 is 2.24 bits per heavy atom. The second-order valence-corrected chi connectivity index (χ2v) is 5.49. The maximum absolute atomic E-state index is 5.92. The lowest BCUT2D eigenvalue weighted by molar-refractivity contribution is 0.756. The molecule has 0 saturated heterocycles. The summed E-state index contributed by atoms with van der Waals surface area (Å²) in [4.78, 5) is 0. The van der Waals surface area contributed by atoms with E-state index in [-0.39, 0.29) is 0 Å². The Bertz CT molecular complexity index is 537. The summed E-state index contributed by atoms with van der Waals surface area (Å²) in [6.07, 6.45) is 2.03. The van der Waals surface area contributed by atoms with Crippen LogP contribution in [0, 0.1) is 10.5 Å². The Balaban J connectivity index is 2.10. The molecule has 2 rings (SSSR count). The van der Waals surface area contributed by atoms with Gasteiger partial charge in [0.05, 0.1) is 5.69 Å². The van der Waals surface area contributed by atoms with Crippen LogP contribution in [0.15, 0.2) is 24.4 Å². The van der Waals surface area contributed by atoms with E-state index in [0.29, 0.717) is 0 Å². The van der Waals surface area contributed by atoms with E-state index in [1.807, 2.05) is 43.0 Å². The Kier molecular flexibility index (Phi) is 3.93. The van der Waals surface area contributed by atoms with Gasteiger partial charge in [-0.25, -0.2) is 0 Å². The third-order valence-corrected chi connectivity index (χ3v) is 3.64. The first-order valence-corrected chi connectivity index (χ1v) is 6.70. The van der Waals surface area contributed by atoms with Gasteiger partial charge in [0.1, 0.15) is 0 Å². The predicted octanol–water partition coefficient (Wildman–Crippen LogP) is 3.60. The van der Waals surface area contributed by atoms with Crippen molar-refractivity contribution in [3.63, 3.8) is 0 Å². The molecule has 0 aliphatic rings. The molecule has 0 aliphatic heterocycles. The Morgan fingerprint density at radius 3 is 2.82 bits per heavy atom. The smallest absolute Gasteiger partial charge is 0.0643 e. The van der Waals surface area contributed by atoms with E-state index in [1.54, 1.807) is 0 Å². The molecule has 1 heterocycles. The summed E-state index contributed by atoms with van der Waals surface area (Å²) in [6, 6.07) is 5.83. The zero-order chi connectivity index (χ0) is 12.4. The number of nitrogens with one attached hydrogen (secondary N) is 1. The fourth-order valence-corrected chi connectivity index (χ4v) is 2.71. The summed E-state index contributed by atoms with van der Waals surface area (Å²) in [6.45, 7) is 2.79. The van der Waals surface area contributed by atoms with Crippen LogP contribution in [0.2, 0.25) is 5.02 Å². The number of hydrogen-bond acceptors (Lipinski definition) is 2. The summed E-state index contributed by atoms with van der Waals surface area (Å²) in [5.74, 6) is 0. The van der Waals surface area contributed by atoms with E-state index in [2.05, 4.69) is 33.0 Å². The van der Waals surface area contributed by atoms with Crippen LogP contribution in [0.25, 0.3) is 0 Å². The van der Waals surface area contributed by atoms with Gasteiger partial charge in [-0.2, -0.15) is 5.10 Å². The second-order valence-electron chi connectivity index (χ2n) is 3.89. The van der Waals surface area contributed by atoms with Gasteiger partial charge >= 0.3 is 0 Å².